The summed E-state index contributed by atoms with van der Waals surface area (Å²) in [7, 11) is 1.25. The molecule has 1 amide bonds. The van der Waals surface area contributed by atoms with E-state index in [0.29, 0.717) is 12.1 Å². The summed E-state index contributed by atoms with van der Waals surface area (Å²) in [6.45, 7) is -2.93. The number of aliphatic hydroxyl groups is 1. The van der Waals surface area contributed by atoms with Crippen LogP contribution in [0.2, 0.25) is 0 Å². The van der Waals surface area contributed by atoms with Crippen LogP contribution in [0.25, 0.3) is 0 Å². The molecule has 0 fully saturated rings. The van der Waals surface area contributed by atoms with Crippen LogP contribution >= 0.6 is 0 Å². The first kappa shape index (κ1) is 17.2. The number of rotatable bonds is 5. The molecule has 0 spiro atoms. The average Bonchev–Trinajstić information content (AvgIpc) is 2.35. The Morgan fingerprint density at radius 1 is 1.29 bits per heavy atom. The van der Waals surface area contributed by atoms with E-state index in [-0.39, 0.29) is 4.90 Å². The van der Waals surface area contributed by atoms with E-state index in [1.165, 1.54) is 7.05 Å². The average molecular weight is 312 g/mol. The van der Waals surface area contributed by atoms with Crippen molar-refractivity contribution in [2.24, 2.45) is 0 Å². The minimum absolute atomic E-state index is 0.271. The van der Waals surface area contributed by atoms with Crippen LogP contribution < -0.4 is 5.32 Å². The van der Waals surface area contributed by atoms with Gasteiger partial charge in [0, 0.05) is 19.2 Å². The van der Waals surface area contributed by atoms with Gasteiger partial charge in [0.05, 0.1) is 6.61 Å². The maximum Gasteiger partial charge on any atom is 0.406 e. The van der Waals surface area contributed by atoms with Gasteiger partial charge in [-0.1, -0.05) is 0 Å². The van der Waals surface area contributed by atoms with Crippen LogP contribution in [-0.4, -0.2) is 48.8 Å². The molecule has 0 aliphatic heterocycles. The molecule has 9 heteroatoms. The molecule has 1 aromatic rings. The lowest BCUT2D eigenvalue weighted by molar-refractivity contribution is -0.141. The zero-order valence-electron chi connectivity index (χ0n) is 11.0. The van der Waals surface area contributed by atoms with Gasteiger partial charge in [-0.25, -0.2) is 8.78 Å². The van der Waals surface area contributed by atoms with Gasteiger partial charge in [-0.2, -0.15) is 13.2 Å². The molecule has 4 nitrogen and oxygen atoms in total. The van der Waals surface area contributed by atoms with E-state index in [1.54, 1.807) is 0 Å². The Labute approximate surface area is 117 Å². The second-order valence-electron chi connectivity index (χ2n) is 4.13. The summed E-state index contributed by atoms with van der Waals surface area (Å²) in [5.74, 6) is -3.42. The Bertz CT molecular complexity index is 496. The molecule has 21 heavy (non-hydrogen) atoms. The summed E-state index contributed by atoms with van der Waals surface area (Å²) >= 11 is 0. The molecule has 2 N–H and O–H groups in total. The minimum atomic E-state index is -4.69. The predicted octanol–water partition coefficient (Wildman–Crippen LogP) is 2.00. The van der Waals surface area contributed by atoms with Crippen molar-refractivity contribution in [1.29, 1.82) is 0 Å². The number of hydrogen-bond donors (Lipinski definition) is 2. The van der Waals surface area contributed by atoms with Crippen molar-refractivity contribution in [2.75, 3.05) is 32.1 Å². The van der Waals surface area contributed by atoms with E-state index in [2.05, 4.69) is 5.32 Å². The predicted molar refractivity (Wildman–Crippen MR) is 64.9 cm³/mol. The van der Waals surface area contributed by atoms with Crippen molar-refractivity contribution >= 4 is 11.6 Å². The Hall–Kier alpha value is -1.90. The molecule has 0 saturated heterocycles. The molecule has 0 saturated carbocycles. The van der Waals surface area contributed by atoms with E-state index in [4.69, 9.17) is 5.11 Å². The van der Waals surface area contributed by atoms with Crippen LogP contribution in [0, 0.1) is 11.6 Å². The number of benzene rings is 1. The lowest BCUT2D eigenvalue weighted by atomic mass is 10.1. The van der Waals surface area contributed by atoms with Crippen LogP contribution in [-0.2, 0) is 0 Å². The number of carbonyl (C=O) groups excluding carboxylic acids is 1. The van der Waals surface area contributed by atoms with Gasteiger partial charge in [0.1, 0.15) is 23.9 Å². The summed E-state index contributed by atoms with van der Waals surface area (Å²) in [5, 5.41) is 10.9. The van der Waals surface area contributed by atoms with Crippen LogP contribution in [0.3, 0.4) is 0 Å². The normalized spacial score (nSPS) is 11.4. The smallest absolute Gasteiger partial charge is 0.395 e. The molecule has 0 aliphatic rings. The first-order chi connectivity index (χ1) is 9.69. The first-order valence-corrected chi connectivity index (χ1v) is 5.83. The lowest BCUT2D eigenvalue weighted by Gasteiger charge is -2.23. The van der Waals surface area contributed by atoms with E-state index >= 15 is 0 Å². The fraction of sp³-hybridized carbons (Fsp3) is 0.417. The first-order valence-electron chi connectivity index (χ1n) is 5.83. The topological polar surface area (TPSA) is 52.6 Å². The Morgan fingerprint density at radius 2 is 1.81 bits per heavy atom. The van der Waals surface area contributed by atoms with Crippen molar-refractivity contribution < 1.29 is 31.9 Å². The highest BCUT2D eigenvalue weighted by Gasteiger charge is 2.33. The van der Waals surface area contributed by atoms with Crippen molar-refractivity contribution in [3.05, 3.63) is 29.3 Å². The largest absolute Gasteiger partial charge is 0.406 e. The Balaban J connectivity index is 3.09. The number of alkyl halides is 3. The van der Waals surface area contributed by atoms with Gasteiger partial charge >= 0.3 is 6.18 Å². The van der Waals surface area contributed by atoms with Gasteiger partial charge in [0.15, 0.2) is 0 Å². The molecular formula is C12H13F5N2O2. The number of carbonyl (C=O) groups is 1. The summed E-state index contributed by atoms with van der Waals surface area (Å²) in [4.78, 5) is 12.1. The molecule has 0 bridgehead atoms. The van der Waals surface area contributed by atoms with Gasteiger partial charge in [0.25, 0.3) is 5.91 Å². The SMILES string of the molecule is CNc1c(F)cc(C(=O)N(CCO)CC(F)(F)F)cc1F. The molecule has 0 unspecified atom stereocenters. The number of halogens is 5. The van der Waals surface area contributed by atoms with Gasteiger partial charge in [-0.05, 0) is 12.1 Å². The third-order valence-corrected chi connectivity index (χ3v) is 2.57. The molecule has 0 aromatic heterocycles. The van der Waals surface area contributed by atoms with Crippen molar-refractivity contribution in [3.63, 3.8) is 0 Å². The second-order valence-corrected chi connectivity index (χ2v) is 4.13. The number of nitrogens with one attached hydrogen (secondary N) is 1. The molecule has 1 rings (SSSR count). The second kappa shape index (κ2) is 6.70. The third-order valence-electron chi connectivity index (χ3n) is 2.57. The number of hydrogen-bond acceptors (Lipinski definition) is 3. The molecule has 0 aliphatic carbocycles. The highest BCUT2D eigenvalue weighted by atomic mass is 19.4. The molecule has 0 heterocycles. The van der Waals surface area contributed by atoms with Crippen LogP contribution in [0.15, 0.2) is 12.1 Å². The van der Waals surface area contributed by atoms with Crippen molar-refractivity contribution in [3.8, 4) is 0 Å². The lowest BCUT2D eigenvalue weighted by Crippen LogP contribution is -2.40. The van der Waals surface area contributed by atoms with Crippen molar-refractivity contribution in [2.45, 2.75) is 6.18 Å². The van der Waals surface area contributed by atoms with Gasteiger partial charge in [-0.15, -0.1) is 0 Å². The summed E-state index contributed by atoms with van der Waals surface area (Å²) in [5.41, 5.74) is -1.06. The van der Waals surface area contributed by atoms with Crippen molar-refractivity contribution in [1.82, 2.24) is 4.90 Å². The molecule has 1 aromatic carbocycles. The Kier molecular flexibility index (Phi) is 5.47. The molecule has 0 radical (unpaired) electrons. The maximum atomic E-state index is 13.5. The minimum Gasteiger partial charge on any atom is -0.395 e. The zero-order valence-corrected chi connectivity index (χ0v) is 11.0. The van der Waals surface area contributed by atoms with Crippen LogP contribution in [0.5, 0.6) is 0 Å². The summed E-state index contributed by atoms with van der Waals surface area (Å²) < 4.78 is 64.1. The number of anilines is 1. The van der Waals surface area contributed by atoms with E-state index < -0.39 is 54.7 Å². The highest BCUT2D eigenvalue weighted by Crippen LogP contribution is 2.23. The molecule has 0 atom stereocenters. The fourth-order valence-electron chi connectivity index (χ4n) is 1.71. The third kappa shape index (κ3) is 4.55. The van der Waals surface area contributed by atoms with Crippen LogP contribution in [0.1, 0.15) is 10.4 Å². The summed E-state index contributed by atoms with van der Waals surface area (Å²) in [6.07, 6.45) is -4.69. The maximum absolute atomic E-state index is 13.5. The van der Waals surface area contributed by atoms with E-state index in [1.807, 2.05) is 0 Å². The standard InChI is InChI=1S/C12H13F5N2O2/c1-18-10-8(13)4-7(5-9(10)14)11(21)19(2-3-20)6-12(15,16)17/h4-5,18,20H,2-3,6H2,1H3. The van der Waals surface area contributed by atoms with Gasteiger partial charge < -0.3 is 15.3 Å². The molecular weight excluding hydrogens is 299 g/mol. The zero-order chi connectivity index (χ0) is 16.2. The van der Waals surface area contributed by atoms with Crippen LogP contribution in [0.4, 0.5) is 27.6 Å². The number of nitrogens with zero attached hydrogens (tertiary/aromatic N) is 1. The monoisotopic (exact) mass is 312 g/mol. The van der Waals surface area contributed by atoms with Gasteiger partial charge in [-0.3, -0.25) is 4.79 Å². The summed E-state index contributed by atoms with van der Waals surface area (Å²) in [6, 6.07) is 1.27. The van der Waals surface area contributed by atoms with E-state index in [9.17, 15) is 26.7 Å². The fourth-order valence-corrected chi connectivity index (χ4v) is 1.71. The highest BCUT2D eigenvalue weighted by molar-refractivity contribution is 5.94. The Morgan fingerprint density at radius 3 is 2.19 bits per heavy atom. The van der Waals surface area contributed by atoms with Gasteiger partial charge in [0.2, 0.25) is 0 Å². The molecule has 118 valence electrons. The number of amides is 1. The number of aliphatic hydroxyl groups excluding tert-OH is 1. The quantitative estimate of drug-likeness (QED) is 0.818. The van der Waals surface area contributed by atoms with E-state index in [0.717, 1.165) is 0 Å².